The Labute approximate surface area is 113 Å². The number of carboxylic acids is 1. The van der Waals surface area contributed by atoms with E-state index in [1.807, 2.05) is 14.1 Å². The first-order chi connectivity index (χ1) is 9.00. The Kier molecular flexibility index (Phi) is 6.29. The van der Waals surface area contributed by atoms with Crippen molar-refractivity contribution in [2.45, 2.75) is 12.8 Å². The summed E-state index contributed by atoms with van der Waals surface area (Å²) in [4.78, 5) is 14.5. The fourth-order valence-electron chi connectivity index (χ4n) is 1.87. The van der Waals surface area contributed by atoms with E-state index in [1.54, 1.807) is 23.1 Å². The van der Waals surface area contributed by atoms with Crippen molar-refractivity contribution >= 4 is 11.7 Å². The SMILES string of the molecule is CN(C)CCCN(CCC(=O)O)c1ccccc1F. The van der Waals surface area contributed by atoms with Gasteiger partial charge < -0.3 is 14.9 Å². The molecule has 0 fully saturated rings. The number of carboxylic acid groups (broad SMARTS) is 1. The molecule has 1 rings (SSSR count). The summed E-state index contributed by atoms with van der Waals surface area (Å²) in [6, 6.07) is 6.48. The minimum absolute atomic E-state index is 0.0102. The molecule has 4 nitrogen and oxygen atoms in total. The smallest absolute Gasteiger partial charge is 0.305 e. The number of aliphatic carboxylic acids is 1. The number of anilines is 1. The van der Waals surface area contributed by atoms with E-state index >= 15 is 0 Å². The van der Waals surface area contributed by atoms with Gasteiger partial charge in [0, 0.05) is 13.1 Å². The van der Waals surface area contributed by atoms with Gasteiger partial charge in [0.1, 0.15) is 5.82 Å². The van der Waals surface area contributed by atoms with Gasteiger partial charge in [-0.15, -0.1) is 0 Å². The largest absolute Gasteiger partial charge is 0.481 e. The minimum atomic E-state index is -0.867. The quantitative estimate of drug-likeness (QED) is 0.784. The lowest BCUT2D eigenvalue weighted by molar-refractivity contribution is -0.136. The molecule has 0 saturated carbocycles. The summed E-state index contributed by atoms with van der Waals surface area (Å²) in [6.45, 7) is 1.86. The van der Waals surface area contributed by atoms with Crippen LogP contribution in [0.1, 0.15) is 12.8 Å². The first-order valence-electron chi connectivity index (χ1n) is 6.36. The Morgan fingerprint density at radius 3 is 2.47 bits per heavy atom. The number of para-hydroxylation sites is 1. The summed E-state index contributed by atoms with van der Waals surface area (Å²) in [7, 11) is 3.95. The first-order valence-corrected chi connectivity index (χ1v) is 6.36. The molecule has 19 heavy (non-hydrogen) atoms. The van der Waals surface area contributed by atoms with Crippen molar-refractivity contribution in [3.8, 4) is 0 Å². The Bertz CT molecular complexity index is 410. The summed E-state index contributed by atoms with van der Waals surface area (Å²) in [5, 5.41) is 8.76. The van der Waals surface area contributed by atoms with Gasteiger partial charge in [0.05, 0.1) is 12.1 Å². The molecule has 0 aliphatic heterocycles. The van der Waals surface area contributed by atoms with Crippen LogP contribution in [0.4, 0.5) is 10.1 Å². The predicted octanol–water partition coefficient (Wildman–Crippen LogP) is 2.06. The molecule has 0 aliphatic rings. The maximum Gasteiger partial charge on any atom is 0.305 e. The van der Waals surface area contributed by atoms with E-state index in [9.17, 15) is 9.18 Å². The van der Waals surface area contributed by atoms with Crippen molar-refractivity contribution in [1.82, 2.24) is 4.90 Å². The van der Waals surface area contributed by atoms with Crippen LogP contribution in [-0.2, 0) is 4.79 Å². The van der Waals surface area contributed by atoms with Crippen molar-refractivity contribution in [2.24, 2.45) is 0 Å². The van der Waals surface area contributed by atoms with E-state index in [0.717, 1.165) is 13.0 Å². The molecule has 1 aromatic carbocycles. The summed E-state index contributed by atoms with van der Waals surface area (Å²) >= 11 is 0. The van der Waals surface area contributed by atoms with E-state index in [0.29, 0.717) is 18.8 Å². The van der Waals surface area contributed by atoms with Crippen molar-refractivity contribution in [3.63, 3.8) is 0 Å². The highest BCUT2D eigenvalue weighted by molar-refractivity contribution is 5.67. The number of hydrogen-bond donors (Lipinski definition) is 1. The van der Waals surface area contributed by atoms with Crippen LogP contribution in [-0.4, -0.2) is 49.7 Å². The summed E-state index contributed by atoms with van der Waals surface area (Å²) < 4.78 is 13.8. The number of benzene rings is 1. The van der Waals surface area contributed by atoms with Crippen molar-refractivity contribution in [2.75, 3.05) is 38.6 Å². The van der Waals surface area contributed by atoms with Gasteiger partial charge >= 0.3 is 5.97 Å². The summed E-state index contributed by atoms with van der Waals surface area (Å²) in [5.74, 6) is -1.17. The Morgan fingerprint density at radius 1 is 1.21 bits per heavy atom. The predicted molar refractivity (Wildman–Crippen MR) is 74.0 cm³/mol. The third kappa shape index (κ3) is 5.70. The fourth-order valence-corrected chi connectivity index (χ4v) is 1.87. The molecule has 106 valence electrons. The van der Waals surface area contributed by atoms with Gasteiger partial charge in [-0.05, 0) is 39.2 Å². The van der Waals surface area contributed by atoms with Crippen molar-refractivity contribution < 1.29 is 14.3 Å². The molecule has 0 heterocycles. The third-order valence-corrected chi connectivity index (χ3v) is 2.82. The molecule has 1 N–H and O–H groups in total. The van der Waals surface area contributed by atoms with E-state index in [1.165, 1.54) is 6.07 Å². The molecule has 0 atom stereocenters. The molecule has 0 radical (unpaired) electrons. The van der Waals surface area contributed by atoms with E-state index in [4.69, 9.17) is 5.11 Å². The van der Waals surface area contributed by atoms with Crippen LogP contribution in [0.25, 0.3) is 0 Å². The number of hydrogen-bond acceptors (Lipinski definition) is 3. The fraction of sp³-hybridized carbons (Fsp3) is 0.500. The second-order valence-corrected chi connectivity index (χ2v) is 4.74. The van der Waals surface area contributed by atoms with Gasteiger partial charge in [-0.25, -0.2) is 4.39 Å². The van der Waals surface area contributed by atoms with Crippen LogP contribution in [0.15, 0.2) is 24.3 Å². The monoisotopic (exact) mass is 268 g/mol. The van der Waals surface area contributed by atoms with Gasteiger partial charge in [0.25, 0.3) is 0 Å². The highest BCUT2D eigenvalue weighted by Crippen LogP contribution is 2.19. The number of rotatable bonds is 8. The average molecular weight is 268 g/mol. The van der Waals surface area contributed by atoms with Crippen LogP contribution >= 0.6 is 0 Å². The molecular weight excluding hydrogens is 247 g/mol. The molecule has 0 unspecified atom stereocenters. The highest BCUT2D eigenvalue weighted by Gasteiger charge is 2.12. The number of halogens is 1. The average Bonchev–Trinajstić information content (AvgIpc) is 2.34. The lowest BCUT2D eigenvalue weighted by Crippen LogP contribution is -2.30. The van der Waals surface area contributed by atoms with Crippen molar-refractivity contribution in [3.05, 3.63) is 30.1 Å². The number of carbonyl (C=O) groups is 1. The van der Waals surface area contributed by atoms with Crippen molar-refractivity contribution in [1.29, 1.82) is 0 Å². The van der Waals surface area contributed by atoms with Crippen LogP contribution in [0.3, 0.4) is 0 Å². The van der Waals surface area contributed by atoms with Gasteiger partial charge in [-0.2, -0.15) is 0 Å². The van der Waals surface area contributed by atoms with Crippen LogP contribution < -0.4 is 4.90 Å². The van der Waals surface area contributed by atoms with Crippen LogP contribution in [0.2, 0.25) is 0 Å². The van der Waals surface area contributed by atoms with Crippen LogP contribution in [0, 0.1) is 5.82 Å². The zero-order valence-corrected chi connectivity index (χ0v) is 11.5. The normalized spacial score (nSPS) is 10.7. The maximum absolute atomic E-state index is 13.8. The topological polar surface area (TPSA) is 43.8 Å². The second-order valence-electron chi connectivity index (χ2n) is 4.74. The lowest BCUT2D eigenvalue weighted by atomic mass is 10.2. The Morgan fingerprint density at radius 2 is 1.89 bits per heavy atom. The molecular formula is C14H21FN2O2. The number of nitrogens with zero attached hydrogens (tertiary/aromatic N) is 2. The van der Waals surface area contributed by atoms with E-state index in [-0.39, 0.29) is 12.2 Å². The third-order valence-electron chi connectivity index (χ3n) is 2.82. The molecule has 0 bridgehead atoms. The van der Waals surface area contributed by atoms with E-state index in [2.05, 4.69) is 4.90 Å². The van der Waals surface area contributed by atoms with Gasteiger partial charge in [0.2, 0.25) is 0 Å². The molecule has 0 amide bonds. The Hall–Kier alpha value is -1.62. The van der Waals surface area contributed by atoms with E-state index < -0.39 is 5.97 Å². The van der Waals surface area contributed by atoms with Gasteiger partial charge in [-0.3, -0.25) is 4.79 Å². The molecule has 1 aromatic rings. The standard InChI is InChI=1S/C14H21FN2O2/c1-16(2)9-5-10-17(11-8-14(18)19)13-7-4-3-6-12(13)15/h3-4,6-7H,5,8-11H2,1-2H3,(H,18,19). The Balaban J connectivity index is 2.68. The highest BCUT2D eigenvalue weighted by atomic mass is 19.1. The molecule has 0 spiro atoms. The zero-order valence-electron chi connectivity index (χ0n) is 11.5. The minimum Gasteiger partial charge on any atom is -0.481 e. The molecule has 0 aliphatic carbocycles. The maximum atomic E-state index is 13.8. The lowest BCUT2D eigenvalue weighted by Gasteiger charge is -2.25. The molecule has 0 saturated heterocycles. The van der Waals surface area contributed by atoms with Crippen LogP contribution in [0.5, 0.6) is 0 Å². The molecule has 5 heteroatoms. The first kappa shape index (κ1) is 15.4. The summed E-state index contributed by atoms with van der Waals surface area (Å²) in [6.07, 6.45) is 0.872. The molecule has 0 aromatic heterocycles. The summed E-state index contributed by atoms with van der Waals surface area (Å²) in [5.41, 5.74) is 0.475. The zero-order chi connectivity index (χ0) is 14.3. The van der Waals surface area contributed by atoms with Gasteiger partial charge in [-0.1, -0.05) is 12.1 Å². The van der Waals surface area contributed by atoms with Gasteiger partial charge in [0.15, 0.2) is 0 Å². The second kappa shape index (κ2) is 7.74.